The second-order valence-corrected chi connectivity index (χ2v) is 9.57. The van der Waals surface area contributed by atoms with Gasteiger partial charge in [0.05, 0.1) is 50.0 Å². The molecule has 12 heteroatoms. The van der Waals surface area contributed by atoms with Crippen LogP contribution in [0.2, 0.25) is 0 Å². The number of halogens is 3. The predicted molar refractivity (Wildman–Crippen MR) is 132 cm³/mol. The number of ether oxygens (including phenoxy) is 2. The topological polar surface area (TPSA) is 81.7 Å². The molecule has 2 aliphatic heterocycles. The molecule has 3 aromatic heterocycles. The number of likely N-dealkylation sites (tertiary alicyclic amines) is 1. The fourth-order valence-corrected chi connectivity index (χ4v) is 5.23. The van der Waals surface area contributed by atoms with Crippen molar-refractivity contribution in [1.29, 1.82) is 0 Å². The highest BCUT2D eigenvalue weighted by Gasteiger charge is 2.35. The molecule has 5 heterocycles. The van der Waals surface area contributed by atoms with Crippen LogP contribution in [0.1, 0.15) is 12.2 Å². The second kappa shape index (κ2) is 9.49. The number of fused-ring (bicyclic) bond motifs is 2. The highest BCUT2D eigenvalue weighted by molar-refractivity contribution is 5.89. The molecule has 0 aliphatic carbocycles. The number of rotatable bonds is 7. The van der Waals surface area contributed by atoms with E-state index in [4.69, 9.17) is 9.47 Å². The Kier molecular flexibility index (Phi) is 6.15. The lowest BCUT2D eigenvalue weighted by Crippen LogP contribution is -2.57. The monoisotopic (exact) mass is 515 g/mol. The van der Waals surface area contributed by atoms with E-state index in [1.54, 1.807) is 17.6 Å². The molecule has 2 atom stereocenters. The number of benzene rings is 1. The Hall–Kier alpha value is -3.38. The highest BCUT2D eigenvalue weighted by atomic mass is 19.3. The number of nitrogens with one attached hydrogen (secondary N) is 1. The van der Waals surface area contributed by atoms with E-state index in [2.05, 4.69) is 25.3 Å². The zero-order valence-corrected chi connectivity index (χ0v) is 20.6. The highest BCUT2D eigenvalue weighted by Crippen LogP contribution is 2.34. The minimum atomic E-state index is -2.49. The number of hydrogen-bond acceptors (Lipinski definition) is 7. The summed E-state index contributed by atoms with van der Waals surface area (Å²) in [6, 6.07) is 7.31. The quantitative estimate of drug-likeness (QED) is 0.403. The smallest absolute Gasteiger partial charge is 0.256 e. The van der Waals surface area contributed by atoms with Crippen molar-refractivity contribution >= 4 is 22.5 Å². The molecule has 0 saturated carbocycles. The predicted octanol–water partition coefficient (Wildman–Crippen LogP) is 3.55. The van der Waals surface area contributed by atoms with Crippen LogP contribution < -0.4 is 10.1 Å². The average molecular weight is 516 g/mol. The van der Waals surface area contributed by atoms with E-state index in [1.807, 2.05) is 24.3 Å². The van der Waals surface area contributed by atoms with E-state index in [1.165, 1.54) is 11.7 Å². The molecule has 6 rings (SSSR count). The summed E-state index contributed by atoms with van der Waals surface area (Å²) in [4.78, 5) is 11.1. The molecule has 1 N–H and O–H groups in total. The number of methoxy groups -OCH3 is 1. The average Bonchev–Trinajstić information content (AvgIpc) is 3.39. The minimum absolute atomic E-state index is 0.278. The van der Waals surface area contributed by atoms with Crippen LogP contribution in [0, 0.1) is 6.92 Å². The maximum absolute atomic E-state index is 15.0. The normalized spacial score (nSPS) is 21.1. The Morgan fingerprint density at radius 1 is 1.22 bits per heavy atom. The summed E-state index contributed by atoms with van der Waals surface area (Å²) in [6.07, 6.45) is -1.15. The van der Waals surface area contributed by atoms with Crippen molar-refractivity contribution < 1.29 is 22.6 Å². The maximum atomic E-state index is 15.0. The van der Waals surface area contributed by atoms with Gasteiger partial charge in [-0.1, -0.05) is 6.07 Å². The first-order chi connectivity index (χ1) is 17.9. The van der Waals surface area contributed by atoms with Crippen LogP contribution in [0.4, 0.5) is 19.1 Å². The Morgan fingerprint density at radius 2 is 2.05 bits per heavy atom. The van der Waals surface area contributed by atoms with Gasteiger partial charge in [0.25, 0.3) is 6.43 Å². The van der Waals surface area contributed by atoms with Crippen LogP contribution in [0.25, 0.3) is 27.7 Å². The number of alkyl halides is 3. The van der Waals surface area contributed by atoms with Crippen molar-refractivity contribution in [1.82, 2.24) is 29.0 Å². The third-order valence-corrected chi connectivity index (χ3v) is 7.27. The van der Waals surface area contributed by atoms with Gasteiger partial charge in [-0.15, -0.1) is 5.10 Å². The summed E-state index contributed by atoms with van der Waals surface area (Å²) in [5, 5.41) is 7.72. The minimum Gasteiger partial charge on any atom is -0.479 e. The summed E-state index contributed by atoms with van der Waals surface area (Å²) in [5.74, 6) is 1.14. The summed E-state index contributed by atoms with van der Waals surface area (Å²) in [7, 11) is 1.52. The molecule has 2 saturated heterocycles. The first-order valence-electron chi connectivity index (χ1n) is 12.3. The number of anilines is 1. The van der Waals surface area contributed by atoms with Crippen molar-refractivity contribution in [3.8, 4) is 17.0 Å². The van der Waals surface area contributed by atoms with Gasteiger partial charge in [-0.25, -0.2) is 22.7 Å². The Morgan fingerprint density at radius 3 is 2.76 bits per heavy atom. The van der Waals surface area contributed by atoms with E-state index in [-0.39, 0.29) is 5.95 Å². The van der Waals surface area contributed by atoms with E-state index in [0.717, 1.165) is 17.7 Å². The van der Waals surface area contributed by atoms with Crippen molar-refractivity contribution in [2.45, 2.75) is 44.6 Å². The molecule has 196 valence electrons. The van der Waals surface area contributed by atoms with Crippen molar-refractivity contribution in [2.24, 2.45) is 0 Å². The van der Waals surface area contributed by atoms with E-state index >= 15 is 0 Å². The molecule has 2 fully saturated rings. The lowest BCUT2D eigenvalue weighted by atomic mass is 10.0. The fraction of sp³-hybridized carbons (Fsp3) is 0.480. The first kappa shape index (κ1) is 24.0. The van der Waals surface area contributed by atoms with Gasteiger partial charge < -0.3 is 19.4 Å². The van der Waals surface area contributed by atoms with Gasteiger partial charge in [-0.05, 0) is 37.1 Å². The number of hydrogen-bond donors (Lipinski definition) is 1. The van der Waals surface area contributed by atoms with Crippen LogP contribution in [-0.2, 0) is 11.3 Å². The number of imidazole rings is 1. The van der Waals surface area contributed by atoms with Crippen LogP contribution in [0.5, 0.6) is 5.88 Å². The standard InChI is InChI=1S/C25H28F3N7O2/c1-14-29-20-4-3-15(9-21(20)34(14)11-22(27)28)17-5-8-35-23(17)24(36-2)31-25(32-35)30-19-6-7-33(10-18(19)26)16-12-37-13-16/h3-5,8-9,16,18-19,22H,6-7,10-13H2,1-2H3,(H,30,32)/t18-,19+/m1/s1. The molecule has 0 spiro atoms. The van der Waals surface area contributed by atoms with E-state index in [0.29, 0.717) is 60.5 Å². The zero-order valence-electron chi connectivity index (χ0n) is 20.6. The molecule has 1 aromatic carbocycles. The SMILES string of the molecule is COc1nc(N[C@H]2CCN(C3COC3)C[C@H]2F)nn2ccc(-c3ccc4nc(C)n(CC(F)F)c4c3)c12. The van der Waals surface area contributed by atoms with Gasteiger partial charge in [0, 0.05) is 24.8 Å². The number of aromatic nitrogens is 5. The molecule has 0 bridgehead atoms. The molecule has 9 nitrogen and oxygen atoms in total. The van der Waals surface area contributed by atoms with Crippen LogP contribution >= 0.6 is 0 Å². The molecule has 0 amide bonds. The van der Waals surface area contributed by atoms with Gasteiger partial charge in [0.15, 0.2) is 0 Å². The zero-order chi connectivity index (χ0) is 25.7. The number of nitrogens with zero attached hydrogens (tertiary/aromatic N) is 6. The second-order valence-electron chi connectivity index (χ2n) is 9.57. The molecule has 0 unspecified atom stereocenters. The number of aryl methyl sites for hydroxylation is 1. The Labute approximate surface area is 211 Å². The molecule has 2 aliphatic rings. The van der Waals surface area contributed by atoms with Gasteiger partial charge in [0.1, 0.15) is 17.5 Å². The van der Waals surface area contributed by atoms with E-state index in [9.17, 15) is 13.2 Å². The molecule has 37 heavy (non-hydrogen) atoms. The molecular formula is C25H28F3N7O2. The van der Waals surface area contributed by atoms with Crippen LogP contribution in [-0.4, -0.2) is 87.1 Å². The van der Waals surface area contributed by atoms with Crippen LogP contribution in [0.15, 0.2) is 30.5 Å². The molecular weight excluding hydrogens is 487 g/mol. The molecule has 4 aromatic rings. The fourth-order valence-electron chi connectivity index (χ4n) is 5.23. The third kappa shape index (κ3) is 4.37. The van der Waals surface area contributed by atoms with Gasteiger partial charge >= 0.3 is 0 Å². The van der Waals surface area contributed by atoms with E-state index < -0.39 is 25.2 Å². The van der Waals surface area contributed by atoms with Crippen molar-refractivity contribution in [3.05, 3.63) is 36.3 Å². The van der Waals surface area contributed by atoms with Crippen molar-refractivity contribution in [3.63, 3.8) is 0 Å². The van der Waals surface area contributed by atoms with Gasteiger partial charge in [0.2, 0.25) is 11.8 Å². The van der Waals surface area contributed by atoms with Gasteiger partial charge in [-0.3, -0.25) is 4.90 Å². The molecule has 0 radical (unpaired) electrons. The third-order valence-electron chi connectivity index (χ3n) is 7.27. The summed E-state index contributed by atoms with van der Waals surface area (Å²) in [5.41, 5.74) is 3.48. The Balaban J connectivity index is 1.30. The number of piperidine rings is 1. The summed E-state index contributed by atoms with van der Waals surface area (Å²) in [6.45, 7) is 3.76. The van der Waals surface area contributed by atoms with Gasteiger partial charge in [-0.2, -0.15) is 4.98 Å². The summed E-state index contributed by atoms with van der Waals surface area (Å²) >= 11 is 0. The summed E-state index contributed by atoms with van der Waals surface area (Å²) < 4.78 is 55.3. The maximum Gasteiger partial charge on any atom is 0.256 e. The van der Waals surface area contributed by atoms with Crippen LogP contribution in [0.3, 0.4) is 0 Å². The Bertz CT molecular complexity index is 1430. The first-order valence-corrected chi connectivity index (χ1v) is 12.3. The lowest BCUT2D eigenvalue weighted by molar-refractivity contribution is -0.0794. The lowest BCUT2D eigenvalue weighted by Gasteiger charge is -2.42. The van der Waals surface area contributed by atoms with Crippen molar-refractivity contribution in [2.75, 3.05) is 38.7 Å². The largest absolute Gasteiger partial charge is 0.479 e.